The monoisotopic (exact) mass is 502 g/mol. The van der Waals surface area contributed by atoms with Crippen molar-refractivity contribution >= 4 is 104 Å². The van der Waals surface area contributed by atoms with Gasteiger partial charge in [-0.25, -0.2) is 0 Å². The van der Waals surface area contributed by atoms with E-state index >= 15 is 0 Å². The van der Waals surface area contributed by atoms with Crippen LogP contribution in [0.4, 0.5) is 0 Å². The van der Waals surface area contributed by atoms with Gasteiger partial charge in [-0.2, -0.15) is 0 Å². The molecule has 0 fully saturated rings. The van der Waals surface area contributed by atoms with Crippen LogP contribution in [0, 0.1) is 0 Å². The molecule has 3 aromatic carbocycles. The Morgan fingerprint density at radius 2 is 1.55 bits per heavy atom. The summed E-state index contributed by atoms with van der Waals surface area (Å²) in [7, 11) is 0. The third-order valence-electron chi connectivity index (χ3n) is 6.31. The minimum Gasteiger partial charge on any atom is -0.470 e. The summed E-state index contributed by atoms with van der Waals surface area (Å²) in [5.41, 5.74) is 6.23. The topological polar surface area (TPSA) is 22.5 Å². The van der Waals surface area contributed by atoms with Gasteiger partial charge in [0.1, 0.15) is 12.5 Å². The lowest BCUT2D eigenvalue weighted by Gasteiger charge is -2.00. The molecule has 0 bridgehead atoms. The Bertz CT molecular complexity index is 1930. The first-order chi connectivity index (χ1) is 14.3. The number of hydrogen-bond donors (Lipinski definition) is 0. The van der Waals surface area contributed by atoms with Crippen molar-refractivity contribution in [3.8, 4) is 0 Å². The fourth-order valence-corrected chi connectivity index (χ4v) is 7.20. The molecule has 0 unspecified atom stereocenters. The van der Waals surface area contributed by atoms with Crippen LogP contribution in [0.1, 0.15) is 0 Å². The van der Waals surface area contributed by atoms with Crippen molar-refractivity contribution in [1.29, 1.82) is 0 Å². The van der Waals surface area contributed by atoms with Gasteiger partial charge in [0.25, 0.3) is 0 Å². The Balaban J connectivity index is 1.92. The maximum Gasteiger partial charge on any atom is 0.115 e. The second-order valence-electron chi connectivity index (χ2n) is 7.62. The summed E-state index contributed by atoms with van der Waals surface area (Å²) >= 11 is 4.32. The SMILES string of the molecule is In1c2cccc3c4cocc4n4c5c6ccccc6sc5c5ccc1c(c32)c54. The average molecular weight is 502 g/mol. The van der Waals surface area contributed by atoms with Crippen LogP contribution >= 0.6 is 34.2 Å². The second-order valence-corrected chi connectivity index (χ2v) is 9.64. The zero-order valence-electron chi connectivity index (χ0n) is 14.9. The number of rotatable bonds is 0. The second kappa shape index (κ2) is 4.86. The van der Waals surface area contributed by atoms with Gasteiger partial charge in [-0.1, -0.05) is 30.3 Å². The normalized spacial score (nSPS) is 13.0. The van der Waals surface area contributed by atoms with Crippen LogP contribution in [0.15, 0.2) is 71.5 Å². The summed E-state index contributed by atoms with van der Waals surface area (Å²) in [6.07, 6.45) is 3.81. The molecule has 5 aromatic heterocycles. The standard InChI is InChI=1S/C24H11IN2OS/c25-27-16-6-3-5-12-15-10-28-11-18(15)26-22-14(8-9-17(27)21(22)20(12)16)24-23(26)13-4-1-2-7-19(13)29-24/h1-11H. The number of hydrogen-bond acceptors (Lipinski definition) is 2. The van der Waals surface area contributed by atoms with Crippen molar-refractivity contribution in [2.24, 2.45) is 0 Å². The van der Waals surface area contributed by atoms with E-state index < -0.39 is 0 Å². The first-order valence-electron chi connectivity index (χ1n) is 9.48. The molecule has 0 aliphatic rings. The number of fused-ring (bicyclic) bond motifs is 8. The average Bonchev–Trinajstić information content (AvgIpc) is 3.48. The summed E-state index contributed by atoms with van der Waals surface area (Å²) in [5.74, 6) is 0. The highest BCUT2D eigenvalue weighted by Crippen LogP contribution is 2.48. The summed E-state index contributed by atoms with van der Waals surface area (Å²) in [5, 5.41) is 7.69. The summed E-state index contributed by atoms with van der Waals surface area (Å²) in [4.78, 5) is 0. The highest BCUT2D eigenvalue weighted by atomic mass is 127. The molecular weight excluding hydrogens is 491 g/mol. The highest BCUT2D eigenvalue weighted by molar-refractivity contribution is 14.1. The minimum absolute atomic E-state index is 1.13. The Morgan fingerprint density at radius 3 is 2.52 bits per heavy atom. The molecule has 0 amide bonds. The van der Waals surface area contributed by atoms with E-state index in [1.807, 2.05) is 23.9 Å². The van der Waals surface area contributed by atoms with E-state index in [4.69, 9.17) is 4.42 Å². The van der Waals surface area contributed by atoms with Gasteiger partial charge in [-0.05, 0) is 29.7 Å². The van der Waals surface area contributed by atoms with E-state index in [9.17, 15) is 0 Å². The molecule has 0 N–H and O–H groups in total. The van der Waals surface area contributed by atoms with Gasteiger partial charge < -0.3 is 8.82 Å². The molecule has 3 nitrogen and oxygen atoms in total. The first kappa shape index (κ1) is 15.1. The maximum atomic E-state index is 5.78. The van der Waals surface area contributed by atoms with Crippen LogP contribution in [-0.4, -0.2) is 7.18 Å². The molecule has 8 aromatic rings. The van der Waals surface area contributed by atoms with Crippen molar-refractivity contribution in [2.75, 3.05) is 0 Å². The molecule has 0 spiro atoms. The van der Waals surface area contributed by atoms with E-state index in [1.54, 1.807) is 0 Å². The van der Waals surface area contributed by atoms with Crippen LogP contribution < -0.4 is 0 Å². The number of furan rings is 1. The Morgan fingerprint density at radius 1 is 0.690 bits per heavy atom. The predicted molar refractivity (Wildman–Crippen MR) is 131 cm³/mol. The van der Waals surface area contributed by atoms with E-state index in [1.165, 1.54) is 58.4 Å². The van der Waals surface area contributed by atoms with E-state index in [-0.39, 0.29) is 0 Å². The Labute approximate surface area is 181 Å². The smallest absolute Gasteiger partial charge is 0.115 e. The van der Waals surface area contributed by atoms with Gasteiger partial charge in [0.05, 0.1) is 55.1 Å². The van der Waals surface area contributed by atoms with Crippen molar-refractivity contribution in [3.05, 3.63) is 67.1 Å². The minimum atomic E-state index is 1.13. The third-order valence-corrected chi connectivity index (χ3v) is 8.54. The number of thiophene rings is 1. The van der Waals surface area contributed by atoms with Crippen LogP contribution in [-0.2, 0) is 0 Å². The number of halogens is 1. The zero-order chi connectivity index (χ0) is 18.9. The van der Waals surface area contributed by atoms with E-state index in [2.05, 4.69) is 84.6 Å². The summed E-state index contributed by atoms with van der Waals surface area (Å²) in [6.45, 7) is 0. The number of aromatic nitrogens is 2. The molecule has 8 rings (SSSR count). The van der Waals surface area contributed by atoms with Gasteiger partial charge in [-0.15, -0.1) is 11.3 Å². The van der Waals surface area contributed by atoms with Crippen molar-refractivity contribution in [3.63, 3.8) is 0 Å². The fourth-order valence-electron chi connectivity index (χ4n) is 5.18. The number of nitrogens with zero attached hydrogens (tertiary/aromatic N) is 2. The first-order valence-corrected chi connectivity index (χ1v) is 11.3. The fraction of sp³-hybridized carbons (Fsp3) is 0. The molecule has 0 aliphatic carbocycles. The van der Waals surface area contributed by atoms with Crippen LogP contribution in [0.3, 0.4) is 0 Å². The quantitative estimate of drug-likeness (QED) is 0.193. The summed E-state index contributed by atoms with van der Waals surface area (Å²) in [6, 6.07) is 19.9. The lowest BCUT2D eigenvalue weighted by molar-refractivity contribution is 0.571. The van der Waals surface area contributed by atoms with Crippen LogP contribution in [0.25, 0.3) is 69.3 Å². The molecule has 0 aliphatic heterocycles. The van der Waals surface area contributed by atoms with Gasteiger partial charge >= 0.3 is 0 Å². The molecule has 0 radical (unpaired) electrons. The van der Waals surface area contributed by atoms with E-state index in [0.29, 0.717) is 0 Å². The third kappa shape index (κ3) is 1.57. The van der Waals surface area contributed by atoms with E-state index in [0.717, 1.165) is 10.9 Å². The lowest BCUT2D eigenvalue weighted by Crippen LogP contribution is -1.84. The molecule has 5 heterocycles. The van der Waals surface area contributed by atoms with Crippen molar-refractivity contribution in [2.45, 2.75) is 0 Å². The molecule has 0 saturated heterocycles. The molecular formula is C24H11IN2OS. The van der Waals surface area contributed by atoms with Crippen molar-refractivity contribution < 1.29 is 4.42 Å². The Hall–Kier alpha value is -2.77. The molecule has 29 heavy (non-hydrogen) atoms. The highest BCUT2D eigenvalue weighted by Gasteiger charge is 2.24. The lowest BCUT2D eigenvalue weighted by atomic mass is 10.1. The van der Waals surface area contributed by atoms with Crippen LogP contribution in [0.2, 0.25) is 0 Å². The summed E-state index contributed by atoms with van der Waals surface area (Å²) < 4.78 is 13.2. The van der Waals surface area contributed by atoms with Crippen LogP contribution in [0.5, 0.6) is 0 Å². The van der Waals surface area contributed by atoms with Crippen molar-refractivity contribution in [1.82, 2.24) is 7.18 Å². The zero-order valence-corrected chi connectivity index (χ0v) is 17.9. The largest absolute Gasteiger partial charge is 0.470 e. The predicted octanol–water partition coefficient (Wildman–Crippen LogP) is 7.95. The molecule has 136 valence electrons. The molecule has 0 saturated carbocycles. The Kier molecular flexibility index (Phi) is 2.53. The van der Waals surface area contributed by atoms with Gasteiger partial charge in [0.15, 0.2) is 0 Å². The van der Waals surface area contributed by atoms with Gasteiger partial charge in [0, 0.05) is 31.6 Å². The van der Waals surface area contributed by atoms with Gasteiger partial charge in [-0.3, -0.25) is 2.78 Å². The number of benzene rings is 3. The maximum absolute atomic E-state index is 5.78. The molecule has 0 atom stereocenters. The van der Waals surface area contributed by atoms with Gasteiger partial charge in [0.2, 0.25) is 0 Å². The molecule has 5 heteroatoms.